The fraction of sp³-hybridized carbons (Fsp3) is 0.200. The van der Waals surface area contributed by atoms with E-state index in [1.807, 2.05) is 13.8 Å². The molecule has 0 aliphatic rings. The molecule has 5 nitrogen and oxygen atoms in total. The maximum Gasteiger partial charge on any atom is 0.421 e. The van der Waals surface area contributed by atoms with E-state index in [0.29, 0.717) is 22.1 Å². The summed E-state index contributed by atoms with van der Waals surface area (Å²) in [6, 6.07) is 13.2. The lowest BCUT2D eigenvalue weighted by Gasteiger charge is -2.15. The number of benzene rings is 2. The SMILES string of the molecule is CC(C)Oc1ccc(Nc2ncc(C(F)(F)F)c(Nc3ccc(Cl)cc3)n2)cc1. The zero-order valence-electron chi connectivity index (χ0n) is 15.6. The normalized spacial score (nSPS) is 11.4. The minimum atomic E-state index is -4.61. The zero-order valence-corrected chi connectivity index (χ0v) is 16.3. The van der Waals surface area contributed by atoms with Crippen LogP contribution >= 0.6 is 11.6 Å². The summed E-state index contributed by atoms with van der Waals surface area (Å²) in [5.74, 6) is 0.341. The van der Waals surface area contributed by atoms with Crippen molar-refractivity contribution in [1.29, 1.82) is 0 Å². The highest BCUT2D eigenvalue weighted by Crippen LogP contribution is 2.35. The smallest absolute Gasteiger partial charge is 0.421 e. The number of anilines is 4. The Kier molecular flexibility index (Phi) is 6.12. The number of nitrogens with one attached hydrogen (secondary N) is 2. The van der Waals surface area contributed by atoms with Gasteiger partial charge in [0, 0.05) is 22.6 Å². The molecule has 0 aliphatic heterocycles. The Morgan fingerprint density at radius 1 is 0.931 bits per heavy atom. The first-order valence-corrected chi connectivity index (χ1v) is 9.09. The summed E-state index contributed by atoms with van der Waals surface area (Å²) in [5, 5.41) is 6.04. The molecule has 9 heteroatoms. The van der Waals surface area contributed by atoms with Gasteiger partial charge < -0.3 is 15.4 Å². The van der Waals surface area contributed by atoms with Crippen LogP contribution < -0.4 is 15.4 Å². The van der Waals surface area contributed by atoms with Gasteiger partial charge >= 0.3 is 6.18 Å². The van der Waals surface area contributed by atoms with E-state index in [2.05, 4.69) is 20.6 Å². The van der Waals surface area contributed by atoms with Gasteiger partial charge in [-0.25, -0.2) is 4.98 Å². The number of ether oxygens (including phenoxy) is 1. The molecule has 0 saturated heterocycles. The molecule has 0 atom stereocenters. The molecular weight excluding hydrogens is 405 g/mol. The van der Waals surface area contributed by atoms with Crippen LogP contribution in [0.1, 0.15) is 19.4 Å². The van der Waals surface area contributed by atoms with Gasteiger partial charge in [0.15, 0.2) is 0 Å². The maximum absolute atomic E-state index is 13.3. The van der Waals surface area contributed by atoms with Crippen LogP contribution in [0.25, 0.3) is 0 Å². The Bertz CT molecular complexity index is 961. The van der Waals surface area contributed by atoms with Crippen molar-refractivity contribution in [3.8, 4) is 5.75 Å². The van der Waals surface area contributed by atoms with Gasteiger partial charge in [0.1, 0.15) is 17.1 Å². The molecule has 152 valence electrons. The van der Waals surface area contributed by atoms with Crippen LogP contribution in [-0.4, -0.2) is 16.1 Å². The molecule has 0 saturated carbocycles. The molecule has 3 aromatic rings. The summed E-state index contributed by atoms with van der Waals surface area (Å²) in [6.45, 7) is 3.83. The summed E-state index contributed by atoms with van der Waals surface area (Å²) in [6.07, 6.45) is -3.83. The van der Waals surface area contributed by atoms with Crippen molar-refractivity contribution in [3.05, 3.63) is 65.3 Å². The second kappa shape index (κ2) is 8.57. The predicted octanol–water partition coefficient (Wildman–Crippen LogP) is 6.42. The monoisotopic (exact) mass is 422 g/mol. The number of rotatable bonds is 6. The van der Waals surface area contributed by atoms with Crippen molar-refractivity contribution in [1.82, 2.24) is 9.97 Å². The summed E-state index contributed by atoms with van der Waals surface area (Å²) in [5.41, 5.74) is 0.0525. The Hall–Kier alpha value is -3.00. The number of aromatic nitrogens is 2. The number of hydrogen-bond acceptors (Lipinski definition) is 5. The molecule has 1 aromatic heterocycles. The predicted molar refractivity (Wildman–Crippen MR) is 107 cm³/mol. The molecule has 29 heavy (non-hydrogen) atoms. The van der Waals surface area contributed by atoms with Crippen LogP contribution in [0.2, 0.25) is 5.02 Å². The van der Waals surface area contributed by atoms with E-state index in [0.717, 1.165) is 6.20 Å². The number of alkyl halides is 3. The summed E-state index contributed by atoms with van der Waals surface area (Å²) in [7, 11) is 0. The molecule has 2 aromatic carbocycles. The van der Waals surface area contributed by atoms with Gasteiger partial charge in [-0.15, -0.1) is 0 Å². The van der Waals surface area contributed by atoms with E-state index in [4.69, 9.17) is 16.3 Å². The first-order valence-electron chi connectivity index (χ1n) is 8.71. The van der Waals surface area contributed by atoms with Crippen molar-refractivity contribution in [3.63, 3.8) is 0 Å². The van der Waals surface area contributed by atoms with Gasteiger partial charge in [0.25, 0.3) is 0 Å². The summed E-state index contributed by atoms with van der Waals surface area (Å²) >= 11 is 5.82. The standard InChI is InChI=1S/C20H18ClF3N4O/c1-12(2)29-16-9-7-15(8-10-16)27-19-25-11-17(20(22,23)24)18(28-19)26-14-5-3-13(21)4-6-14/h3-12H,1-2H3,(H2,25,26,27,28). The van der Waals surface area contributed by atoms with Crippen molar-refractivity contribution in [2.75, 3.05) is 10.6 Å². The maximum atomic E-state index is 13.3. The molecule has 0 amide bonds. The largest absolute Gasteiger partial charge is 0.491 e. The number of nitrogens with zero attached hydrogens (tertiary/aromatic N) is 2. The molecule has 0 aliphatic carbocycles. The average Bonchev–Trinajstić information content (AvgIpc) is 2.64. The minimum Gasteiger partial charge on any atom is -0.491 e. The molecule has 1 heterocycles. The number of halogens is 4. The molecule has 0 radical (unpaired) electrons. The van der Waals surface area contributed by atoms with Gasteiger partial charge in [-0.05, 0) is 62.4 Å². The highest BCUT2D eigenvalue weighted by molar-refractivity contribution is 6.30. The van der Waals surface area contributed by atoms with E-state index >= 15 is 0 Å². The lowest BCUT2D eigenvalue weighted by atomic mass is 10.2. The van der Waals surface area contributed by atoms with Gasteiger partial charge in [-0.1, -0.05) is 11.6 Å². The Morgan fingerprint density at radius 2 is 1.52 bits per heavy atom. The van der Waals surface area contributed by atoms with Crippen LogP contribution in [-0.2, 0) is 6.18 Å². The van der Waals surface area contributed by atoms with Gasteiger partial charge in [-0.2, -0.15) is 18.2 Å². The van der Waals surface area contributed by atoms with Crippen molar-refractivity contribution in [2.45, 2.75) is 26.1 Å². The van der Waals surface area contributed by atoms with E-state index in [1.54, 1.807) is 48.5 Å². The average molecular weight is 423 g/mol. The van der Waals surface area contributed by atoms with Crippen molar-refractivity contribution < 1.29 is 17.9 Å². The molecule has 0 bridgehead atoms. The number of hydrogen-bond donors (Lipinski definition) is 2. The van der Waals surface area contributed by atoms with Crippen LogP contribution in [0.15, 0.2) is 54.7 Å². The van der Waals surface area contributed by atoms with Crippen LogP contribution in [0.5, 0.6) is 5.75 Å². The van der Waals surface area contributed by atoms with Crippen LogP contribution in [0, 0.1) is 0 Å². The molecule has 0 fully saturated rings. The lowest BCUT2D eigenvalue weighted by molar-refractivity contribution is -0.137. The first kappa shape index (κ1) is 20.7. The van der Waals surface area contributed by atoms with Crippen molar-refractivity contribution in [2.24, 2.45) is 0 Å². The lowest BCUT2D eigenvalue weighted by Crippen LogP contribution is -2.12. The van der Waals surface area contributed by atoms with Gasteiger partial charge in [0.05, 0.1) is 6.10 Å². The first-order chi connectivity index (χ1) is 13.7. The molecule has 0 spiro atoms. The highest BCUT2D eigenvalue weighted by atomic mass is 35.5. The molecular formula is C20H18ClF3N4O. The highest BCUT2D eigenvalue weighted by Gasteiger charge is 2.35. The van der Waals surface area contributed by atoms with E-state index in [-0.39, 0.29) is 17.9 Å². The quantitative estimate of drug-likeness (QED) is 0.479. The summed E-state index contributed by atoms with van der Waals surface area (Å²) in [4.78, 5) is 7.80. The Morgan fingerprint density at radius 3 is 2.10 bits per heavy atom. The Balaban J connectivity index is 1.85. The van der Waals surface area contributed by atoms with Gasteiger partial charge in [-0.3, -0.25) is 0 Å². The third-order valence-electron chi connectivity index (χ3n) is 3.68. The Labute approximate surface area is 170 Å². The second-order valence-corrected chi connectivity index (χ2v) is 6.84. The zero-order chi connectivity index (χ0) is 21.0. The third-order valence-corrected chi connectivity index (χ3v) is 3.94. The van der Waals surface area contributed by atoms with Crippen LogP contribution in [0.3, 0.4) is 0 Å². The topological polar surface area (TPSA) is 59.1 Å². The fourth-order valence-electron chi connectivity index (χ4n) is 2.43. The fourth-order valence-corrected chi connectivity index (χ4v) is 2.56. The van der Waals surface area contributed by atoms with Crippen molar-refractivity contribution >= 4 is 34.7 Å². The van der Waals surface area contributed by atoms with Gasteiger partial charge in [0.2, 0.25) is 5.95 Å². The second-order valence-electron chi connectivity index (χ2n) is 6.40. The molecule has 2 N–H and O–H groups in total. The summed E-state index contributed by atoms with van der Waals surface area (Å²) < 4.78 is 45.6. The minimum absolute atomic E-state index is 0.0204. The van der Waals surface area contributed by atoms with Crippen LogP contribution in [0.4, 0.5) is 36.3 Å². The van der Waals surface area contributed by atoms with E-state index < -0.39 is 11.7 Å². The molecule has 3 rings (SSSR count). The molecule has 0 unspecified atom stereocenters. The van der Waals surface area contributed by atoms with E-state index in [1.165, 1.54) is 0 Å². The van der Waals surface area contributed by atoms with E-state index in [9.17, 15) is 13.2 Å². The third kappa shape index (κ3) is 5.74.